The monoisotopic (exact) mass is 471 g/mol. The summed E-state index contributed by atoms with van der Waals surface area (Å²) in [5, 5.41) is 0. The van der Waals surface area contributed by atoms with Crippen molar-refractivity contribution in [2.75, 3.05) is 13.1 Å². The summed E-state index contributed by atoms with van der Waals surface area (Å²) in [4.78, 5) is 18.1. The number of fused-ring (bicyclic) bond motifs is 1. The lowest BCUT2D eigenvalue weighted by molar-refractivity contribution is 0.0997. The fraction of sp³-hybridized carbons (Fsp3) is 0.417. The average Bonchev–Trinajstić information content (AvgIpc) is 3.10. The molecule has 2 atom stereocenters. The van der Waals surface area contributed by atoms with Crippen LogP contribution in [0.5, 0.6) is 0 Å². The number of amides is 1. The predicted molar refractivity (Wildman–Crippen MR) is 128 cm³/mol. The Labute approximate surface area is 193 Å². The molecule has 0 N–H and O–H groups in total. The number of piperidine rings is 1. The van der Waals surface area contributed by atoms with Crippen molar-refractivity contribution in [3.8, 4) is 0 Å². The van der Waals surface area contributed by atoms with Gasteiger partial charge in [0.15, 0.2) is 4.80 Å². The molecule has 32 heavy (non-hydrogen) atoms. The summed E-state index contributed by atoms with van der Waals surface area (Å²) >= 11 is 1.49. The molecule has 1 amide bonds. The molecule has 170 valence electrons. The van der Waals surface area contributed by atoms with Gasteiger partial charge in [-0.1, -0.05) is 44.2 Å². The standard InChI is InChI=1S/C24H29N3O3S2/c1-4-13-27-21-7-5-6-8-22(21)31-24(27)25-23(28)19-9-11-20(12-10-19)32(29,30)26-15-17(2)14-18(3)16-26/h5-12,17-18H,4,13-16H2,1-3H3. The lowest BCUT2D eigenvalue weighted by Gasteiger charge is -2.34. The molecule has 2 heterocycles. The average molecular weight is 472 g/mol. The molecule has 0 radical (unpaired) electrons. The predicted octanol–water partition coefficient (Wildman–Crippen LogP) is 4.52. The fourth-order valence-corrected chi connectivity index (χ4v) is 7.15. The van der Waals surface area contributed by atoms with E-state index in [0.29, 0.717) is 35.3 Å². The largest absolute Gasteiger partial charge is 0.316 e. The summed E-state index contributed by atoms with van der Waals surface area (Å²) in [7, 11) is -3.57. The molecule has 4 rings (SSSR count). The van der Waals surface area contributed by atoms with Crippen molar-refractivity contribution in [2.45, 2.75) is 45.1 Å². The van der Waals surface area contributed by atoms with Crippen molar-refractivity contribution in [1.82, 2.24) is 8.87 Å². The third kappa shape index (κ3) is 4.58. The van der Waals surface area contributed by atoms with Gasteiger partial charge in [-0.05, 0) is 61.1 Å². The number of thiazole rings is 1. The number of nitrogens with zero attached hydrogens (tertiary/aromatic N) is 3. The number of benzene rings is 2. The normalized spacial score (nSPS) is 20.7. The summed E-state index contributed by atoms with van der Waals surface area (Å²) < 4.78 is 30.9. The van der Waals surface area contributed by atoms with Gasteiger partial charge in [-0.3, -0.25) is 4.79 Å². The SMILES string of the molecule is CCCn1c(=NC(=O)c2ccc(S(=O)(=O)N3CC(C)CC(C)C3)cc2)sc2ccccc21. The minimum atomic E-state index is -3.57. The van der Waals surface area contributed by atoms with Crippen LogP contribution < -0.4 is 4.80 Å². The zero-order valence-electron chi connectivity index (χ0n) is 18.7. The zero-order valence-corrected chi connectivity index (χ0v) is 20.3. The number of carbonyl (C=O) groups excluding carboxylic acids is 1. The first-order valence-corrected chi connectivity index (χ1v) is 13.3. The van der Waals surface area contributed by atoms with E-state index in [1.54, 1.807) is 16.4 Å². The van der Waals surface area contributed by atoms with Gasteiger partial charge in [-0.25, -0.2) is 8.42 Å². The van der Waals surface area contributed by atoms with Crippen molar-refractivity contribution in [3.63, 3.8) is 0 Å². The Morgan fingerprint density at radius 1 is 1.06 bits per heavy atom. The molecule has 1 aromatic heterocycles. The number of sulfonamides is 1. The highest BCUT2D eigenvalue weighted by Crippen LogP contribution is 2.27. The van der Waals surface area contributed by atoms with Gasteiger partial charge in [0, 0.05) is 25.2 Å². The number of rotatable bonds is 5. The Kier molecular flexibility index (Phi) is 6.65. The Bertz CT molecular complexity index is 1280. The molecule has 6 nitrogen and oxygen atoms in total. The van der Waals surface area contributed by atoms with E-state index in [1.165, 1.54) is 23.5 Å². The van der Waals surface area contributed by atoms with E-state index >= 15 is 0 Å². The lowest BCUT2D eigenvalue weighted by atomic mass is 9.94. The third-order valence-electron chi connectivity index (χ3n) is 5.81. The van der Waals surface area contributed by atoms with Gasteiger partial charge >= 0.3 is 0 Å². The fourth-order valence-electron chi connectivity index (χ4n) is 4.42. The number of aromatic nitrogens is 1. The van der Waals surface area contributed by atoms with E-state index in [9.17, 15) is 13.2 Å². The second-order valence-electron chi connectivity index (χ2n) is 8.71. The van der Waals surface area contributed by atoms with Gasteiger partial charge < -0.3 is 4.57 Å². The van der Waals surface area contributed by atoms with Gasteiger partial charge in [-0.15, -0.1) is 0 Å². The quantitative estimate of drug-likeness (QED) is 0.549. The maximum atomic E-state index is 13.1. The van der Waals surface area contributed by atoms with Gasteiger partial charge in [0.25, 0.3) is 5.91 Å². The Hall–Kier alpha value is -2.29. The van der Waals surface area contributed by atoms with Crippen LogP contribution in [0.25, 0.3) is 10.2 Å². The molecule has 0 spiro atoms. The molecule has 3 aromatic rings. The Balaban J connectivity index is 1.62. The molecule has 1 saturated heterocycles. The molecular weight excluding hydrogens is 442 g/mol. The van der Waals surface area contributed by atoms with Gasteiger partial charge in [0.05, 0.1) is 15.1 Å². The van der Waals surface area contributed by atoms with Crippen molar-refractivity contribution in [2.24, 2.45) is 16.8 Å². The van der Waals surface area contributed by atoms with Crippen molar-refractivity contribution < 1.29 is 13.2 Å². The van der Waals surface area contributed by atoms with Crippen molar-refractivity contribution in [1.29, 1.82) is 0 Å². The maximum Gasteiger partial charge on any atom is 0.279 e. The van der Waals surface area contributed by atoms with Crippen LogP contribution in [0.4, 0.5) is 0 Å². The number of para-hydroxylation sites is 1. The minimum Gasteiger partial charge on any atom is -0.316 e. The molecule has 1 aliphatic heterocycles. The van der Waals surface area contributed by atoms with Gasteiger partial charge in [0.2, 0.25) is 10.0 Å². The Morgan fingerprint density at radius 3 is 2.38 bits per heavy atom. The van der Waals surface area contributed by atoms with E-state index in [0.717, 1.165) is 29.6 Å². The van der Waals surface area contributed by atoms with E-state index in [2.05, 4.69) is 30.3 Å². The van der Waals surface area contributed by atoms with Crippen molar-refractivity contribution >= 4 is 37.5 Å². The highest BCUT2D eigenvalue weighted by Gasteiger charge is 2.31. The molecule has 1 aliphatic rings. The first-order valence-electron chi connectivity index (χ1n) is 11.1. The molecule has 0 aliphatic carbocycles. The molecule has 0 saturated carbocycles. The van der Waals surface area contributed by atoms with Gasteiger partial charge in [0.1, 0.15) is 0 Å². The molecule has 2 aromatic carbocycles. The van der Waals surface area contributed by atoms with Crippen LogP contribution in [0.1, 0.15) is 44.0 Å². The van der Waals surface area contributed by atoms with Crippen LogP contribution in [0.3, 0.4) is 0 Å². The van der Waals surface area contributed by atoms with Crippen LogP contribution in [0.2, 0.25) is 0 Å². The number of carbonyl (C=O) groups is 1. The molecular formula is C24H29N3O3S2. The smallest absolute Gasteiger partial charge is 0.279 e. The zero-order chi connectivity index (χ0) is 22.9. The van der Waals surface area contributed by atoms with E-state index < -0.39 is 10.0 Å². The number of aryl methyl sites for hydroxylation is 1. The van der Waals surface area contributed by atoms with Crippen LogP contribution in [-0.2, 0) is 16.6 Å². The molecule has 8 heteroatoms. The highest BCUT2D eigenvalue weighted by molar-refractivity contribution is 7.89. The van der Waals surface area contributed by atoms with Gasteiger partial charge in [-0.2, -0.15) is 9.30 Å². The van der Waals surface area contributed by atoms with Crippen LogP contribution >= 0.6 is 11.3 Å². The summed E-state index contributed by atoms with van der Waals surface area (Å²) in [6.07, 6.45) is 1.97. The number of hydrogen-bond donors (Lipinski definition) is 0. The Morgan fingerprint density at radius 2 is 1.72 bits per heavy atom. The van der Waals surface area contributed by atoms with E-state index in [1.807, 2.05) is 24.3 Å². The lowest BCUT2D eigenvalue weighted by Crippen LogP contribution is -2.42. The summed E-state index contributed by atoms with van der Waals surface area (Å²) in [6.45, 7) is 8.10. The number of hydrogen-bond acceptors (Lipinski definition) is 4. The first-order chi connectivity index (χ1) is 15.3. The molecule has 0 bridgehead atoms. The topological polar surface area (TPSA) is 71.7 Å². The summed E-state index contributed by atoms with van der Waals surface area (Å²) in [6, 6.07) is 14.2. The third-order valence-corrected chi connectivity index (χ3v) is 8.71. The van der Waals surface area contributed by atoms with Crippen LogP contribution in [-0.4, -0.2) is 36.3 Å². The molecule has 1 fully saturated rings. The maximum absolute atomic E-state index is 13.1. The van der Waals surface area contributed by atoms with Crippen molar-refractivity contribution in [3.05, 3.63) is 58.9 Å². The highest BCUT2D eigenvalue weighted by atomic mass is 32.2. The second kappa shape index (κ2) is 9.29. The van der Waals surface area contributed by atoms with E-state index in [-0.39, 0.29) is 10.8 Å². The van der Waals surface area contributed by atoms with Crippen LogP contribution in [0, 0.1) is 11.8 Å². The summed E-state index contributed by atoms with van der Waals surface area (Å²) in [5.74, 6) is 0.305. The minimum absolute atomic E-state index is 0.221. The van der Waals surface area contributed by atoms with Crippen LogP contribution in [0.15, 0.2) is 58.4 Å². The van der Waals surface area contributed by atoms with E-state index in [4.69, 9.17) is 0 Å². The summed E-state index contributed by atoms with van der Waals surface area (Å²) in [5.41, 5.74) is 1.45. The molecule has 2 unspecified atom stereocenters. The second-order valence-corrected chi connectivity index (χ2v) is 11.7. The first kappa shape index (κ1) is 22.9.